The summed E-state index contributed by atoms with van der Waals surface area (Å²) in [6, 6.07) is 13.5. The molecule has 2 aliphatic heterocycles. The SMILES string of the molecule is [2H]C([2H])([2H])N(C(=O)[C@@H](O)c1ccccc1)[C@@H](CC(C)(C)C)C(=O)N1C[C@]2(C[C@H]1[N+]#[C-])C(=O)Nc1ccccc12. The second-order valence-electron chi connectivity index (χ2n) is 10.7. The second-order valence-corrected chi connectivity index (χ2v) is 10.7. The average molecular weight is 492 g/mol. The van der Waals surface area contributed by atoms with Gasteiger partial charge >= 0.3 is 6.17 Å². The summed E-state index contributed by atoms with van der Waals surface area (Å²) in [5.74, 6) is -2.21. The molecule has 1 saturated heterocycles. The van der Waals surface area contributed by atoms with Crippen molar-refractivity contribution in [1.82, 2.24) is 9.80 Å². The molecule has 4 atom stereocenters. The lowest BCUT2D eigenvalue weighted by Gasteiger charge is -2.35. The number of amides is 3. The van der Waals surface area contributed by atoms with E-state index in [-0.39, 0.29) is 30.9 Å². The highest BCUT2D eigenvalue weighted by Crippen LogP contribution is 2.47. The first-order valence-electron chi connectivity index (χ1n) is 13.3. The Morgan fingerprint density at radius 2 is 1.92 bits per heavy atom. The molecule has 2 aliphatic rings. The first-order chi connectivity index (χ1) is 18.2. The topological polar surface area (TPSA) is 94.3 Å². The fourth-order valence-corrected chi connectivity index (χ4v) is 5.08. The van der Waals surface area contributed by atoms with Crippen LogP contribution in [0.3, 0.4) is 0 Å². The van der Waals surface area contributed by atoms with Gasteiger partial charge in [-0.15, -0.1) is 0 Å². The van der Waals surface area contributed by atoms with Crippen molar-refractivity contribution in [3.8, 4) is 0 Å². The number of nitrogens with zero attached hydrogens (tertiary/aromatic N) is 3. The van der Waals surface area contributed by atoms with Crippen LogP contribution in [0.1, 0.15) is 55.0 Å². The van der Waals surface area contributed by atoms with Crippen LogP contribution in [0.4, 0.5) is 5.69 Å². The minimum Gasteiger partial charge on any atom is -0.378 e. The number of hydrogen-bond donors (Lipinski definition) is 2. The molecule has 0 bridgehead atoms. The molecule has 8 heteroatoms. The van der Waals surface area contributed by atoms with Gasteiger partial charge in [-0.2, -0.15) is 0 Å². The smallest absolute Gasteiger partial charge is 0.302 e. The highest BCUT2D eigenvalue weighted by atomic mass is 16.3. The zero-order valence-electron chi connectivity index (χ0n) is 23.6. The van der Waals surface area contributed by atoms with Crippen molar-refractivity contribution < 1.29 is 23.6 Å². The lowest BCUT2D eigenvalue weighted by atomic mass is 9.80. The van der Waals surface area contributed by atoms with Crippen molar-refractivity contribution in [2.75, 3.05) is 18.8 Å². The Labute approximate surface area is 215 Å². The van der Waals surface area contributed by atoms with E-state index in [1.54, 1.807) is 42.5 Å². The molecule has 4 rings (SSSR count). The van der Waals surface area contributed by atoms with E-state index in [1.807, 2.05) is 20.8 Å². The van der Waals surface area contributed by atoms with Crippen LogP contribution < -0.4 is 5.32 Å². The van der Waals surface area contributed by atoms with Gasteiger partial charge in [0.05, 0.1) is 6.42 Å². The maximum atomic E-state index is 14.2. The number of likely N-dealkylation sites (N-methyl/N-ethyl adjacent to an activating group) is 1. The first-order valence-corrected chi connectivity index (χ1v) is 11.8. The summed E-state index contributed by atoms with van der Waals surface area (Å²) in [7, 11) is 0. The number of para-hydroxylation sites is 1. The number of likely N-dealkylation sites (tertiary alicyclic amines) is 1. The van der Waals surface area contributed by atoms with Crippen LogP contribution in [0.5, 0.6) is 0 Å². The minimum absolute atomic E-state index is 0.0433. The summed E-state index contributed by atoms with van der Waals surface area (Å²) in [5, 5.41) is 13.7. The number of carbonyl (C=O) groups excluding carboxylic acids is 3. The molecule has 36 heavy (non-hydrogen) atoms. The number of anilines is 1. The number of carbonyl (C=O) groups is 3. The molecule has 8 nitrogen and oxygen atoms in total. The van der Waals surface area contributed by atoms with Crippen LogP contribution >= 0.6 is 0 Å². The Balaban J connectivity index is 1.75. The van der Waals surface area contributed by atoms with E-state index in [1.165, 1.54) is 17.0 Å². The van der Waals surface area contributed by atoms with Crippen LogP contribution in [0.15, 0.2) is 54.6 Å². The fraction of sp³-hybridized carbons (Fsp3) is 0.429. The minimum atomic E-state index is -3.07. The van der Waals surface area contributed by atoms with Gasteiger partial charge < -0.3 is 15.3 Å². The van der Waals surface area contributed by atoms with Gasteiger partial charge in [0.1, 0.15) is 11.5 Å². The first kappa shape index (κ1) is 21.6. The van der Waals surface area contributed by atoms with Gasteiger partial charge in [-0.05, 0) is 29.0 Å². The van der Waals surface area contributed by atoms with Crippen LogP contribution in [-0.2, 0) is 19.8 Å². The van der Waals surface area contributed by atoms with E-state index in [0.29, 0.717) is 16.2 Å². The van der Waals surface area contributed by atoms with Crippen LogP contribution in [0.2, 0.25) is 0 Å². The molecule has 0 radical (unpaired) electrons. The maximum absolute atomic E-state index is 14.2. The van der Waals surface area contributed by atoms with E-state index >= 15 is 0 Å². The lowest BCUT2D eigenvalue weighted by molar-refractivity contribution is -0.151. The molecule has 2 aromatic carbocycles. The summed E-state index contributed by atoms with van der Waals surface area (Å²) in [4.78, 5) is 46.3. The third-order valence-corrected chi connectivity index (χ3v) is 6.88. The number of fused-ring (bicyclic) bond motifs is 2. The van der Waals surface area contributed by atoms with Crippen LogP contribution in [0.25, 0.3) is 4.85 Å². The molecule has 2 aromatic rings. The molecule has 0 aliphatic carbocycles. The van der Waals surface area contributed by atoms with Crippen molar-refractivity contribution in [1.29, 1.82) is 0 Å². The number of nitrogens with one attached hydrogen (secondary N) is 1. The van der Waals surface area contributed by atoms with E-state index in [2.05, 4.69) is 10.2 Å². The number of aliphatic hydroxyl groups is 1. The van der Waals surface area contributed by atoms with Gasteiger partial charge in [0, 0.05) is 23.3 Å². The summed E-state index contributed by atoms with van der Waals surface area (Å²) < 4.78 is 24.6. The van der Waals surface area contributed by atoms with Crippen molar-refractivity contribution in [3.63, 3.8) is 0 Å². The van der Waals surface area contributed by atoms with Gasteiger partial charge in [0.2, 0.25) is 5.91 Å². The van der Waals surface area contributed by atoms with Crippen molar-refractivity contribution in [3.05, 3.63) is 77.1 Å². The normalized spacial score (nSPS) is 24.1. The predicted octanol–water partition coefficient (Wildman–Crippen LogP) is 3.35. The molecule has 1 fully saturated rings. The van der Waals surface area contributed by atoms with Gasteiger partial charge in [0.15, 0.2) is 6.10 Å². The summed E-state index contributed by atoms with van der Waals surface area (Å²) in [6.45, 7) is 10.0. The Morgan fingerprint density at radius 1 is 1.25 bits per heavy atom. The highest BCUT2D eigenvalue weighted by Gasteiger charge is 2.59. The molecular weight excluding hydrogens is 456 g/mol. The number of rotatable bonds is 5. The molecule has 2 heterocycles. The summed E-state index contributed by atoms with van der Waals surface area (Å²) in [6.07, 6.45) is -2.85. The Morgan fingerprint density at radius 3 is 2.56 bits per heavy atom. The van der Waals surface area contributed by atoms with E-state index in [4.69, 9.17) is 10.7 Å². The van der Waals surface area contributed by atoms with Gasteiger partial charge in [0.25, 0.3) is 11.8 Å². The van der Waals surface area contributed by atoms with E-state index < -0.39 is 47.9 Å². The molecule has 188 valence electrons. The van der Waals surface area contributed by atoms with Crippen molar-refractivity contribution >= 4 is 23.4 Å². The second kappa shape index (κ2) is 9.40. The zero-order valence-corrected chi connectivity index (χ0v) is 20.6. The third kappa shape index (κ3) is 4.47. The fourth-order valence-electron chi connectivity index (χ4n) is 5.08. The molecular formula is C28H32N4O4. The third-order valence-electron chi connectivity index (χ3n) is 6.88. The highest BCUT2D eigenvalue weighted by molar-refractivity contribution is 6.07. The largest absolute Gasteiger partial charge is 0.378 e. The van der Waals surface area contributed by atoms with E-state index in [9.17, 15) is 19.5 Å². The Bertz CT molecular complexity index is 1320. The lowest BCUT2D eigenvalue weighted by Crippen LogP contribution is -2.53. The van der Waals surface area contributed by atoms with E-state index in [0.717, 1.165) is 0 Å². The monoisotopic (exact) mass is 491 g/mol. The molecule has 2 N–H and O–H groups in total. The maximum Gasteiger partial charge on any atom is 0.302 e. The van der Waals surface area contributed by atoms with Gasteiger partial charge in [-0.1, -0.05) is 69.3 Å². The molecule has 0 saturated carbocycles. The van der Waals surface area contributed by atoms with Crippen LogP contribution in [-0.4, -0.2) is 58.4 Å². The molecule has 0 aromatic heterocycles. The molecule has 3 amide bonds. The van der Waals surface area contributed by atoms with Crippen molar-refractivity contribution in [2.24, 2.45) is 5.41 Å². The van der Waals surface area contributed by atoms with Crippen LogP contribution in [0, 0.1) is 12.0 Å². The molecule has 1 spiro atoms. The quantitative estimate of drug-likeness (QED) is 0.628. The number of aliphatic hydroxyl groups excluding tert-OH is 1. The van der Waals surface area contributed by atoms with Gasteiger partial charge in [-0.25, -0.2) is 6.57 Å². The predicted molar refractivity (Wildman–Crippen MR) is 136 cm³/mol. The Hall–Kier alpha value is -3.70. The van der Waals surface area contributed by atoms with Gasteiger partial charge in [-0.3, -0.25) is 24.1 Å². The number of benzene rings is 2. The Kier molecular flexibility index (Phi) is 5.63. The average Bonchev–Trinajstić information content (AvgIpc) is 3.39. The zero-order chi connectivity index (χ0) is 28.8. The summed E-state index contributed by atoms with van der Waals surface area (Å²) in [5.41, 5.74) is -0.292. The summed E-state index contributed by atoms with van der Waals surface area (Å²) >= 11 is 0. The molecule has 0 unspecified atom stereocenters. The number of hydrogen-bond acceptors (Lipinski definition) is 4. The standard InChI is InChI=1S/C28H32N4O4/c1-27(2,3)15-21(31(5)25(35)23(33)18-11-7-6-8-12-18)24(34)32-17-28(16-22(32)29-4)19-13-9-10-14-20(19)30-26(28)36/h6-14,21-23,33H,15-17H2,1-3,5H3,(H,30,36)/t21-,22-,23-,28-/m0/s1/i5D3. The van der Waals surface area contributed by atoms with Crippen molar-refractivity contribution in [2.45, 2.75) is 57.3 Å².